The van der Waals surface area contributed by atoms with E-state index in [2.05, 4.69) is 15.7 Å². The number of thiocarbonyl (C=S) groups is 1. The lowest BCUT2D eigenvalue weighted by Gasteiger charge is -2.11. The van der Waals surface area contributed by atoms with Gasteiger partial charge in [-0.2, -0.15) is 0 Å². The molecule has 3 N–H and O–H groups in total. The molecule has 5 heteroatoms. The molecule has 1 aliphatic carbocycles. The molecule has 1 aliphatic rings. The van der Waals surface area contributed by atoms with Crippen molar-refractivity contribution in [1.82, 2.24) is 4.98 Å². The number of nitrogens with two attached hydrogens (primary N) is 1. The fourth-order valence-electron chi connectivity index (χ4n) is 2.06. The van der Waals surface area contributed by atoms with Gasteiger partial charge < -0.3 is 11.1 Å². The van der Waals surface area contributed by atoms with Crippen molar-refractivity contribution in [2.45, 2.75) is 25.7 Å². The van der Waals surface area contributed by atoms with Crippen molar-refractivity contribution >= 4 is 39.4 Å². The minimum atomic E-state index is 0.408. The quantitative estimate of drug-likeness (QED) is 0.843. The molecule has 0 spiro atoms. The highest BCUT2D eigenvalue weighted by atomic mass is 32.1. The SMILES string of the molecule is Cc1cccc(C(N)=S)c1Nc1nc(C2CC2)cs1. The van der Waals surface area contributed by atoms with Gasteiger partial charge in [-0.25, -0.2) is 4.98 Å². The number of nitrogens with one attached hydrogen (secondary N) is 1. The average Bonchev–Trinajstić information content (AvgIpc) is 3.12. The van der Waals surface area contributed by atoms with Gasteiger partial charge in [0.05, 0.1) is 11.4 Å². The van der Waals surface area contributed by atoms with Gasteiger partial charge in [-0.15, -0.1) is 11.3 Å². The van der Waals surface area contributed by atoms with E-state index in [0.29, 0.717) is 10.9 Å². The average molecular weight is 289 g/mol. The van der Waals surface area contributed by atoms with E-state index in [9.17, 15) is 0 Å². The second-order valence-corrected chi connectivity index (χ2v) is 6.14. The van der Waals surface area contributed by atoms with Gasteiger partial charge in [-0.1, -0.05) is 24.4 Å². The molecule has 1 fully saturated rings. The zero-order valence-corrected chi connectivity index (χ0v) is 12.3. The van der Waals surface area contributed by atoms with Crippen molar-refractivity contribution in [3.63, 3.8) is 0 Å². The maximum absolute atomic E-state index is 5.77. The second kappa shape index (κ2) is 4.90. The molecule has 1 aromatic carbocycles. The van der Waals surface area contributed by atoms with Gasteiger partial charge in [0, 0.05) is 16.9 Å². The van der Waals surface area contributed by atoms with Crippen LogP contribution in [0.15, 0.2) is 23.6 Å². The van der Waals surface area contributed by atoms with Crippen molar-refractivity contribution in [3.05, 3.63) is 40.4 Å². The van der Waals surface area contributed by atoms with Crippen LogP contribution < -0.4 is 11.1 Å². The summed E-state index contributed by atoms with van der Waals surface area (Å²) < 4.78 is 0. The molecule has 1 aromatic heterocycles. The minimum absolute atomic E-state index is 0.408. The number of nitrogens with zero attached hydrogens (tertiary/aromatic N) is 1. The number of hydrogen-bond acceptors (Lipinski definition) is 4. The third kappa shape index (κ3) is 2.62. The van der Waals surface area contributed by atoms with Gasteiger partial charge in [0.15, 0.2) is 5.13 Å². The van der Waals surface area contributed by atoms with E-state index in [1.807, 2.05) is 25.1 Å². The molecule has 0 radical (unpaired) electrons. The van der Waals surface area contributed by atoms with Crippen LogP contribution in [-0.2, 0) is 0 Å². The topological polar surface area (TPSA) is 50.9 Å². The maximum atomic E-state index is 5.77. The molecule has 1 saturated carbocycles. The summed E-state index contributed by atoms with van der Waals surface area (Å²) >= 11 is 6.74. The van der Waals surface area contributed by atoms with Crippen LogP contribution in [0, 0.1) is 6.92 Å². The zero-order chi connectivity index (χ0) is 13.4. The molecular formula is C14H15N3S2. The van der Waals surface area contributed by atoms with Crippen molar-refractivity contribution in [1.29, 1.82) is 0 Å². The molecule has 3 rings (SSSR count). The van der Waals surface area contributed by atoms with Gasteiger partial charge in [0.1, 0.15) is 4.99 Å². The number of hydrogen-bond donors (Lipinski definition) is 2. The summed E-state index contributed by atoms with van der Waals surface area (Å²) in [5.74, 6) is 0.679. The maximum Gasteiger partial charge on any atom is 0.187 e. The van der Waals surface area contributed by atoms with E-state index in [4.69, 9.17) is 18.0 Å². The molecule has 0 saturated heterocycles. The molecular weight excluding hydrogens is 274 g/mol. The lowest BCUT2D eigenvalue weighted by Crippen LogP contribution is -2.12. The van der Waals surface area contributed by atoms with Crippen LogP contribution in [0.1, 0.15) is 35.6 Å². The van der Waals surface area contributed by atoms with Crippen LogP contribution in [-0.4, -0.2) is 9.97 Å². The van der Waals surface area contributed by atoms with E-state index in [0.717, 1.165) is 21.9 Å². The molecule has 98 valence electrons. The standard InChI is InChI=1S/C14H15N3S2/c1-8-3-2-4-10(13(15)18)12(8)17-14-16-11(7-19-14)9-5-6-9/h2-4,7,9H,5-6H2,1H3,(H2,15,18)(H,16,17). The third-order valence-electron chi connectivity index (χ3n) is 3.29. The lowest BCUT2D eigenvalue weighted by atomic mass is 10.1. The fraction of sp³-hybridized carbons (Fsp3) is 0.286. The number of anilines is 2. The summed E-state index contributed by atoms with van der Waals surface area (Å²) in [7, 11) is 0. The highest BCUT2D eigenvalue weighted by Crippen LogP contribution is 2.41. The third-order valence-corrected chi connectivity index (χ3v) is 4.28. The highest BCUT2D eigenvalue weighted by Gasteiger charge is 2.26. The minimum Gasteiger partial charge on any atom is -0.389 e. The largest absolute Gasteiger partial charge is 0.389 e. The normalized spacial score (nSPS) is 14.4. The van der Waals surface area contributed by atoms with E-state index < -0.39 is 0 Å². The fourth-order valence-corrected chi connectivity index (χ4v) is 3.02. The zero-order valence-electron chi connectivity index (χ0n) is 10.6. The Kier molecular flexibility index (Phi) is 3.24. The number of benzene rings is 1. The Labute approximate surface area is 121 Å². The second-order valence-electron chi connectivity index (χ2n) is 4.84. The number of para-hydroxylation sites is 1. The molecule has 0 unspecified atom stereocenters. The van der Waals surface area contributed by atoms with Crippen LogP contribution >= 0.6 is 23.6 Å². The first kappa shape index (κ1) is 12.6. The van der Waals surface area contributed by atoms with Crippen LogP contribution in [0.5, 0.6) is 0 Å². The van der Waals surface area contributed by atoms with Gasteiger partial charge in [0.2, 0.25) is 0 Å². The van der Waals surface area contributed by atoms with Crippen molar-refractivity contribution < 1.29 is 0 Å². The predicted molar refractivity (Wildman–Crippen MR) is 84.4 cm³/mol. The molecule has 0 bridgehead atoms. The summed E-state index contributed by atoms with van der Waals surface area (Å²) in [6.07, 6.45) is 2.54. The molecule has 0 atom stereocenters. The summed E-state index contributed by atoms with van der Waals surface area (Å²) in [6.45, 7) is 2.04. The molecule has 1 heterocycles. The van der Waals surface area contributed by atoms with E-state index in [-0.39, 0.29) is 0 Å². The van der Waals surface area contributed by atoms with Gasteiger partial charge in [0.25, 0.3) is 0 Å². The van der Waals surface area contributed by atoms with E-state index in [1.165, 1.54) is 18.5 Å². The molecule has 3 nitrogen and oxygen atoms in total. The summed E-state index contributed by atoms with van der Waals surface area (Å²) in [6, 6.07) is 5.94. The van der Waals surface area contributed by atoms with E-state index >= 15 is 0 Å². The Hall–Kier alpha value is -1.46. The molecule has 19 heavy (non-hydrogen) atoms. The van der Waals surface area contributed by atoms with Crippen LogP contribution in [0.4, 0.5) is 10.8 Å². The summed E-state index contributed by atoms with van der Waals surface area (Å²) in [5.41, 5.74) is 9.94. The Balaban J connectivity index is 1.90. The van der Waals surface area contributed by atoms with Crippen molar-refractivity contribution in [2.24, 2.45) is 5.73 Å². The first-order valence-electron chi connectivity index (χ1n) is 6.27. The Morgan fingerprint density at radius 3 is 2.95 bits per heavy atom. The Morgan fingerprint density at radius 1 is 1.47 bits per heavy atom. The van der Waals surface area contributed by atoms with Crippen molar-refractivity contribution in [2.75, 3.05) is 5.32 Å². The van der Waals surface area contributed by atoms with Gasteiger partial charge in [-0.3, -0.25) is 0 Å². The highest BCUT2D eigenvalue weighted by molar-refractivity contribution is 7.80. The van der Waals surface area contributed by atoms with E-state index in [1.54, 1.807) is 11.3 Å². The first-order valence-corrected chi connectivity index (χ1v) is 7.56. The monoisotopic (exact) mass is 289 g/mol. The summed E-state index contributed by atoms with van der Waals surface area (Å²) in [5, 5.41) is 6.41. The Bertz CT molecular complexity index is 629. The number of aromatic nitrogens is 1. The number of aryl methyl sites for hydroxylation is 1. The number of thiazole rings is 1. The van der Waals surface area contributed by atoms with Crippen LogP contribution in [0.25, 0.3) is 0 Å². The first-order chi connectivity index (χ1) is 9.15. The van der Waals surface area contributed by atoms with Crippen LogP contribution in [0.3, 0.4) is 0 Å². The van der Waals surface area contributed by atoms with Crippen molar-refractivity contribution in [3.8, 4) is 0 Å². The molecule has 2 aromatic rings. The van der Waals surface area contributed by atoms with Gasteiger partial charge in [-0.05, 0) is 31.4 Å². The molecule has 0 amide bonds. The molecule has 0 aliphatic heterocycles. The number of rotatable bonds is 4. The smallest absolute Gasteiger partial charge is 0.187 e. The Morgan fingerprint density at radius 2 is 2.26 bits per heavy atom. The van der Waals surface area contributed by atoms with Crippen LogP contribution in [0.2, 0.25) is 0 Å². The summed E-state index contributed by atoms with van der Waals surface area (Å²) in [4.78, 5) is 5.04. The predicted octanol–water partition coefficient (Wildman–Crippen LogP) is 3.71. The lowest BCUT2D eigenvalue weighted by molar-refractivity contribution is 1.05. The van der Waals surface area contributed by atoms with Gasteiger partial charge >= 0.3 is 0 Å².